The number of likely N-dealkylation sites (tertiary alicyclic amines) is 1. The fourth-order valence-corrected chi connectivity index (χ4v) is 4.56. The summed E-state index contributed by atoms with van der Waals surface area (Å²) in [5.74, 6) is 1.89. The molecular weight excluding hydrogens is 346 g/mol. The van der Waals surface area contributed by atoms with Crippen LogP contribution >= 0.6 is 0 Å². The molecule has 0 saturated carbocycles. The van der Waals surface area contributed by atoms with E-state index in [0.717, 1.165) is 11.5 Å². The molecule has 1 saturated heterocycles. The summed E-state index contributed by atoms with van der Waals surface area (Å²) < 4.78 is 11.9. The van der Waals surface area contributed by atoms with Gasteiger partial charge in [0, 0.05) is 12.8 Å². The van der Waals surface area contributed by atoms with Crippen LogP contribution in [0, 0.1) is 0 Å². The normalized spacial score (nSPS) is 15.9. The second-order valence-corrected chi connectivity index (χ2v) is 8.20. The van der Waals surface area contributed by atoms with Gasteiger partial charge in [-0.1, -0.05) is 24.3 Å². The average Bonchev–Trinajstić information content (AvgIpc) is 2.75. The van der Waals surface area contributed by atoms with Gasteiger partial charge in [0.25, 0.3) is 0 Å². The van der Waals surface area contributed by atoms with Crippen molar-refractivity contribution in [3.05, 3.63) is 59.7 Å². The lowest BCUT2D eigenvalue weighted by Crippen LogP contribution is -2.52. The van der Waals surface area contributed by atoms with Gasteiger partial charge in [-0.3, -0.25) is 0 Å². The Morgan fingerprint density at radius 1 is 0.643 bits per heavy atom. The first-order chi connectivity index (χ1) is 13.7. The number of nitrogens with zero attached hydrogens (tertiary/aromatic N) is 1. The first-order valence-electron chi connectivity index (χ1n) is 10.8. The van der Waals surface area contributed by atoms with Crippen molar-refractivity contribution in [1.29, 1.82) is 0 Å². The van der Waals surface area contributed by atoms with Gasteiger partial charge >= 0.3 is 0 Å². The zero-order valence-corrected chi connectivity index (χ0v) is 17.7. The Labute approximate surface area is 170 Å². The molecule has 28 heavy (non-hydrogen) atoms. The quantitative estimate of drug-likeness (QED) is 0.521. The molecule has 1 heterocycles. The zero-order valence-electron chi connectivity index (χ0n) is 17.7. The SMILES string of the molecule is COc1ccc(CCC[N+]2(CCCc3ccc(OC)cc3)CCCCC2)cc1. The second kappa shape index (κ2) is 10.5. The molecule has 0 aliphatic carbocycles. The van der Waals surface area contributed by atoms with Crippen molar-refractivity contribution >= 4 is 0 Å². The Kier molecular flexibility index (Phi) is 7.79. The number of hydrogen-bond acceptors (Lipinski definition) is 2. The molecule has 0 N–H and O–H groups in total. The maximum absolute atomic E-state index is 5.27. The number of quaternary nitrogens is 1. The molecule has 1 aliphatic heterocycles. The summed E-state index contributed by atoms with van der Waals surface area (Å²) in [6.45, 7) is 5.36. The van der Waals surface area contributed by atoms with Crippen LogP contribution in [0.3, 0.4) is 0 Å². The number of hydrogen-bond donors (Lipinski definition) is 0. The molecule has 0 radical (unpaired) electrons. The van der Waals surface area contributed by atoms with Crippen molar-refractivity contribution in [2.75, 3.05) is 40.4 Å². The maximum atomic E-state index is 5.27. The van der Waals surface area contributed by atoms with Gasteiger partial charge in [-0.05, 0) is 67.5 Å². The minimum atomic E-state index is 0.946. The fraction of sp³-hybridized carbons (Fsp3) is 0.520. The lowest BCUT2D eigenvalue weighted by atomic mass is 10.0. The molecule has 0 unspecified atom stereocenters. The molecule has 152 valence electrons. The van der Waals surface area contributed by atoms with Crippen molar-refractivity contribution in [2.24, 2.45) is 0 Å². The van der Waals surface area contributed by atoms with E-state index in [4.69, 9.17) is 9.47 Å². The highest BCUT2D eigenvalue weighted by Gasteiger charge is 2.28. The monoisotopic (exact) mass is 382 g/mol. The average molecular weight is 383 g/mol. The van der Waals surface area contributed by atoms with Crippen LogP contribution in [-0.2, 0) is 12.8 Å². The molecule has 0 atom stereocenters. The Hall–Kier alpha value is -2.00. The molecule has 0 spiro atoms. The Balaban J connectivity index is 1.49. The van der Waals surface area contributed by atoms with Gasteiger partial charge in [0.1, 0.15) is 11.5 Å². The third-order valence-corrected chi connectivity index (χ3v) is 6.28. The van der Waals surface area contributed by atoms with E-state index in [2.05, 4.69) is 48.5 Å². The highest BCUT2D eigenvalue weighted by atomic mass is 16.5. The maximum Gasteiger partial charge on any atom is 0.118 e. The summed E-state index contributed by atoms with van der Waals surface area (Å²) in [6, 6.07) is 17.2. The lowest BCUT2D eigenvalue weighted by Gasteiger charge is -2.42. The molecule has 3 rings (SSSR count). The molecule has 0 amide bonds. The standard InChI is InChI=1S/C25H36NO2/c1-27-24-14-10-22(11-15-24)8-6-20-26(18-4-3-5-19-26)21-7-9-23-12-16-25(28-2)17-13-23/h10-17H,3-9,18-21H2,1-2H3/q+1. The van der Waals surface area contributed by atoms with Crippen molar-refractivity contribution in [1.82, 2.24) is 0 Å². The Morgan fingerprint density at radius 2 is 1.07 bits per heavy atom. The summed E-state index contributed by atoms with van der Waals surface area (Å²) in [4.78, 5) is 0. The molecule has 2 aromatic rings. The van der Waals surface area contributed by atoms with Gasteiger partial charge in [-0.15, -0.1) is 0 Å². The van der Waals surface area contributed by atoms with Gasteiger partial charge in [0.2, 0.25) is 0 Å². The van der Waals surface area contributed by atoms with Gasteiger partial charge in [-0.2, -0.15) is 0 Å². The summed E-state index contributed by atoms with van der Waals surface area (Å²) in [5, 5.41) is 0. The third kappa shape index (κ3) is 6.00. The molecular formula is C25H36NO2+. The lowest BCUT2D eigenvalue weighted by molar-refractivity contribution is -0.932. The van der Waals surface area contributed by atoms with E-state index < -0.39 is 0 Å². The third-order valence-electron chi connectivity index (χ3n) is 6.28. The molecule has 3 nitrogen and oxygen atoms in total. The van der Waals surface area contributed by atoms with E-state index in [9.17, 15) is 0 Å². The van der Waals surface area contributed by atoms with Gasteiger partial charge < -0.3 is 14.0 Å². The zero-order chi connectivity index (χ0) is 19.7. The van der Waals surface area contributed by atoms with Crippen LogP contribution in [0.15, 0.2) is 48.5 Å². The summed E-state index contributed by atoms with van der Waals surface area (Å²) in [5.41, 5.74) is 2.85. The van der Waals surface area contributed by atoms with Crippen LogP contribution in [0.5, 0.6) is 11.5 Å². The topological polar surface area (TPSA) is 18.5 Å². The van der Waals surface area contributed by atoms with Crippen LogP contribution in [0.1, 0.15) is 43.2 Å². The molecule has 3 heteroatoms. The van der Waals surface area contributed by atoms with Gasteiger partial charge in [0.15, 0.2) is 0 Å². The van der Waals surface area contributed by atoms with Crippen LogP contribution in [0.25, 0.3) is 0 Å². The van der Waals surface area contributed by atoms with Crippen LogP contribution in [-0.4, -0.2) is 44.9 Å². The van der Waals surface area contributed by atoms with Crippen LogP contribution < -0.4 is 9.47 Å². The number of methoxy groups -OCH3 is 2. The van der Waals surface area contributed by atoms with E-state index in [1.165, 1.54) is 86.7 Å². The first kappa shape index (κ1) is 20.7. The van der Waals surface area contributed by atoms with Gasteiger partial charge in [-0.25, -0.2) is 0 Å². The minimum Gasteiger partial charge on any atom is -0.497 e. The van der Waals surface area contributed by atoms with E-state index in [-0.39, 0.29) is 0 Å². The summed E-state index contributed by atoms with van der Waals surface area (Å²) in [7, 11) is 3.45. The summed E-state index contributed by atoms with van der Waals surface area (Å²) in [6.07, 6.45) is 9.09. The van der Waals surface area contributed by atoms with Crippen molar-refractivity contribution in [3.8, 4) is 11.5 Å². The number of piperidine rings is 1. The van der Waals surface area contributed by atoms with Crippen molar-refractivity contribution in [2.45, 2.75) is 44.9 Å². The number of aryl methyl sites for hydroxylation is 2. The van der Waals surface area contributed by atoms with E-state index in [1.54, 1.807) is 14.2 Å². The van der Waals surface area contributed by atoms with E-state index >= 15 is 0 Å². The van der Waals surface area contributed by atoms with Crippen LogP contribution in [0.4, 0.5) is 0 Å². The highest BCUT2D eigenvalue weighted by molar-refractivity contribution is 5.27. The second-order valence-electron chi connectivity index (χ2n) is 8.20. The summed E-state index contributed by atoms with van der Waals surface area (Å²) >= 11 is 0. The van der Waals surface area contributed by atoms with Crippen LogP contribution in [0.2, 0.25) is 0 Å². The number of benzene rings is 2. The number of rotatable bonds is 10. The molecule has 1 aliphatic rings. The van der Waals surface area contributed by atoms with Gasteiger partial charge in [0.05, 0.1) is 40.4 Å². The predicted molar refractivity (Wildman–Crippen MR) is 116 cm³/mol. The number of ether oxygens (including phenoxy) is 2. The van der Waals surface area contributed by atoms with Crippen molar-refractivity contribution in [3.63, 3.8) is 0 Å². The predicted octanol–water partition coefficient (Wildman–Crippen LogP) is 5.27. The molecule has 1 fully saturated rings. The smallest absolute Gasteiger partial charge is 0.118 e. The van der Waals surface area contributed by atoms with E-state index in [0.29, 0.717) is 0 Å². The Bertz CT molecular complexity index is 632. The fourth-order valence-electron chi connectivity index (χ4n) is 4.56. The molecule has 0 bridgehead atoms. The largest absolute Gasteiger partial charge is 0.497 e. The van der Waals surface area contributed by atoms with Crippen molar-refractivity contribution < 1.29 is 14.0 Å². The molecule has 2 aromatic carbocycles. The first-order valence-corrected chi connectivity index (χ1v) is 10.8. The van der Waals surface area contributed by atoms with E-state index in [1.807, 2.05) is 0 Å². The highest BCUT2D eigenvalue weighted by Crippen LogP contribution is 2.22. The molecule has 0 aromatic heterocycles. The Morgan fingerprint density at radius 3 is 1.46 bits per heavy atom. The minimum absolute atomic E-state index is 0.946.